The highest BCUT2D eigenvalue weighted by Gasteiger charge is 2.24. The van der Waals surface area contributed by atoms with Gasteiger partial charge in [0.2, 0.25) is 0 Å². The number of benzene rings is 2. The Kier molecular flexibility index (Phi) is 6.15. The first-order valence-electron chi connectivity index (χ1n) is 9.77. The number of rotatable bonds is 5. The number of amides is 1. The topological polar surface area (TPSA) is 45.7 Å². The van der Waals surface area contributed by atoms with Crippen LogP contribution in [-0.2, 0) is 4.74 Å². The lowest BCUT2D eigenvalue weighted by Crippen LogP contribution is -2.43. The normalized spacial score (nSPS) is 15.0. The van der Waals surface area contributed by atoms with Gasteiger partial charge >= 0.3 is 0 Å². The Morgan fingerprint density at radius 1 is 1.24 bits per heavy atom. The van der Waals surface area contributed by atoms with Crippen LogP contribution < -0.4 is 4.90 Å². The molecule has 152 valence electrons. The summed E-state index contributed by atoms with van der Waals surface area (Å²) in [4.78, 5) is 22.4. The Bertz CT molecular complexity index is 991. The van der Waals surface area contributed by atoms with Crippen LogP contribution >= 0.6 is 22.9 Å². The van der Waals surface area contributed by atoms with Crippen molar-refractivity contribution in [1.82, 2.24) is 9.88 Å². The van der Waals surface area contributed by atoms with Crippen LogP contribution in [0.15, 0.2) is 36.4 Å². The standard InChI is InChI=1S/C22H24ClN3O2S/c1-15-4-3-5-17(14-15)21(27)26(9-8-25-10-12-28-13-11-25)22-24-19-16(2)6-7-18(23)20(19)29-22/h3-7,14H,8-13H2,1-2H3. The van der Waals surface area contributed by atoms with E-state index in [1.54, 1.807) is 4.90 Å². The van der Waals surface area contributed by atoms with E-state index >= 15 is 0 Å². The number of aryl methyl sites for hydroxylation is 2. The number of carbonyl (C=O) groups excluding carboxylic acids is 1. The third-order valence-corrected chi connectivity index (χ3v) is 6.71. The molecule has 0 aliphatic carbocycles. The molecule has 0 spiro atoms. The van der Waals surface area contributed by atoms with Gasteiger partial charge in [-0.05, 0) is 37.6 Å². The van der Waals surface area contributed by atoms with Gasteiger partial charge in [-0.1, -0.05) is 46.7 Å². The third kappa shape index (κ3) is 4.46. The van der Waals surface area contributed by atoms with E-state index in [9.17, 15) is 4.79 Å². The van der Waals surface area contributed by atoms with Crippen LogP contribution in [0.1, 0.15) is 21.5 Å². The summed E-state index contributed by atoms with van der Waals surface area (Å²) in [7, 11) is 0. The molecule has 0 bridgehead atoms. The molecular formula is C22H24ClN3O2S. The van der Waals surface area contributed by atoms with Gasteiger partial charge in [0.05, 0.1) is 28.5 Å². The molecule has 1 aliphatic heterocycles. The van der Waals surface area contributed by atoms with Crippen molar-refractivity contribution in [1.29, 1.82) is 0 Å². The van der Waals surface area contributed by atoms with E-state index in [4.69, 9.17) is 21.3 Å². The molecule has 0 radical (unpaired) electrons. The highest BCUT2D eigenvalue weighted by molar-refractivity contribution is 7.23. The van der Waals surface area contributed by atoms with Crippen LogP contribution in [-0.4, -0.2) is 55.2 Å². The SMILES string of the molecule is Cc1cccc(C(=O)N(CCN2CCOCC2)c2nc3c(C)ccc(Cl)c3s2)c1. The van der Waals surface area contributed by atoms with Crippen LogP contribution in [0.4, 0.5) is 5.13 Å². The van der Waals surface area contributed by atoms with Gasteiger partial charge in [0.1, 0.15) is 0 Å². The maximum atomic E-state index is 13.4. The van der Waals surface area contributed by atoms with Crippen LogP contribution in [0, 0.1) is 13.8 Å². The van der Waals surface area contributed by atoms with E-state index in [-0.39, 0.29) is 5.91 Å². The van der Waals surface area contributed by atoms with E-state index in [0.29, 0.717) is 22.3 Å². The van der Waals surface area contributed by atoms with Crippen molar-refractivity contribution >= 4 is 44.2 Å². The molecule has 2 aromatic carbocycles. The minimum absolute atomic E-state index is 0.0326. The number of aromatic nitrogens is 1. The molecule has 4 rings (SSSR count). The number of ether oxygens (including phenoxy) is 1. The Morgan fingerprint density at radius 3 is 2.76 bits per heavy atom. The highest BCUT2D eigenvalue weighted by atomic mass is 35.5. The van der Waals surface area contributed by atoms with Gasteiger partial charge in [-0.3, -0.25) is 14.6 Å². The van der Waals surface area contributed by atoms with Crippen molar-refractivity contribution in [3.8, 4) is 0 Å². The first kappa shape index (κ1) is 20.3. The highest BCUT2D eigenvalue weighted by Crippen LogP contribution is 2.36. The molecule has 3 aromatic rings. The lowest BCUT2D eigenvalue weighted by atomic mass is 10.1. The predicted molar refractivity (Wildman–Crippen MR) is 119 cm³/mol. The lowest BCUT2D eigenvalue weighted by Gasteiger charge is -2.29. The maximum Gasteiger partial charge on any atom is 0.260 e. The first-order chi connectivity index (χ1) is 14.0. The number of carbonyl (C=O) groups is 1. The smallest absolute Gasteiger partial charge is 0.260 e. The van der Waals surface area contributed by atoms with Crippen LogP contribution in [0.25, 0.3) is 10.2 Å². The summed E-state index contributed by atoms with van der Waals surface area (Å²) >= 11 is 7.89. The van der Waals surface area contributed by atoms with E-state index in [1.807, 2.05) is 50.2 Å². The fourth-order valence-electron chi connectivity index (χ4n) is 3.49. The second-order valence-corrected chi connectivity index (χ2v) is 8.70. The van der Waals surface area contributed by atoms with Crippen molar-refractivity contribution in [2.45, 2.75) is 13.8 Å². The molecule has 1 aliphatic rings. The van der Waals surface area contributed by atoms with E-state index < -0.39 is 0 Å². The van der Waals surface area contributed by atoms with Gasteiger partial charge in [-0.2, -0.15) is 0 Å². The Balaban J connectivity index is 1.68. The number of anilines is 1. The molecule has 0 saturated carbocycles. The molecule has 0 N–H and O–H groups in total. The van der Waals surface area contributed by atoms with Crippen LogP contribution in [0.2, 0.25) is 5.02 Å². The summed E-state index contributed by atoms with van der Waals surface area (Å²) in [5, 5.41) is 1.36. The number of thiazole rings is 1. The quantitative estimate of drug-likeness (QED) is 0.597. The summed E-state index contributed by atoms with van der Waals surface area (Å²) in [5.74, 6) is -0.0326. The molecule has 1 aromatic heterocycles. The van der Waals surface area contributed by atoms with E-state index in [2.05, 4.69) is 4.90 Å². The van der Waals surface area contributed by atoms with Crippen molar-refractivity contribution in [3.63, 3.8) is 0 Å². The Hall–Kier alpha value is -1.99. The van der Waals surface area contributed by atoms with E-state index in [0.717, 1.165) is 54.2 Å². The zero-order chi connectivity index (χ0) is 20.4. The molecule has 1 amide bonds. The number of hydrogen-bond donors (Lipinski definition) is 0. The summed E-state index contributed by atoms with van der Waals surface area (Å²) in [6.45, 7) is 8.61. The Labute approximate surface area is 179 Å². The summed E-state index contributed by atoms with van der Waals surface area (Å²) in [5.41, 5.74) is 3.66. The zero-order valence-corrected chi connectivity index (χ0v) is 18.2. The molecule has 29 heavy (non-hydrogen) atoms. The summed E-state index contributed by atoms with van der Waals surface area (Å²) in [6, 6.07) is 11.6. The number of morpholine rings is 1. The maximum absolute atomic E-state index is 13.4. The summed E-state index contributed by atoms with van der Waals surface area (Å²) in [6.07, 6.45) is 0. The van der Waals surface area contributed by atoms with Crippen molar-refractivity contribution in [2.75, 3.05) is 44.3 Å². The fraction of sp³-hybridized carbons (Fsp3) is 0.364. The van der Waals surface area contributed by atoms with Gasteiger partial charge < -0.3 is 4.74 Å². The minimum atomic E-state index is -0.0326. The van der Waals surface area contributed by atoms with Gasteiger partial charge in [-0.15, -0.1) is 0 Å². The molecule has 1 saturated heterocycles. The van der Waals surface area contributed by atoms with Gasteiger partial charge in [0.15, 0.2) is 5.13 Å². The molecule has 1 fully saturated rings. The van der Waals surface area contributed by atoms with Crippen molar-refractivity contribution < 1.29 is 9.53 Å². The molecular weight excluding hydrogens is 406 g/mol. The van der Waals surface area contributed by atoms with Crippen LogP contribution in [0.5, 0.6) is 0 Å². The van der Waals surface area contributed by atoms with Gasteiger partial charge in [0.25, 0.3) is 5.91 Å². The molecule has 2 heterocycles. The van der Waals surface area contributed by atoms with E-state index in [1.165, 1.54) is 11.3 Å². The largest absolute Gasteiger partial charge is 0.379 e. The van der Waals surface area contributed by atoms with Crippen molar-refractivity contribution in [3.05, 3.63) is 58.1 Å². The van der Waals surface area contributed by atoms with Crippen LogP contribution in [0.3, 0.4) is 0 Å². The first-order valence-corrected chi connectivity index (χ1v) is 11.0. The third-order valence-electron chi connectivity index (χ3n) is 5.17. The van der Waals surface area contributed by atoms with Gasteiger partial charge in [0, 0.05) is 31.7 Å². The second kappa shape index (κ2) is 8.79. The predicted octanol–water partition coefficient (Wildman–Crippen LogP) is 4.55. The number of nitrogens with zero attached hydrogens (tertiary/aromatic N) is 3. The fourth-order valence-corrected chi connectivity index (χ4v) is 4.83. The molecule has 0 unspecified atom stereocenters. The number of halogens is 1. The lowest BCUT2D eigenvalue weighted by molar-refractivity contribution is 0.0391. The minimum Gasteiger partial charge on any atom is -0.379 e. The Morgan fingerprint density at radius 2 is 2.03 bits per heavy atom. The average Bonchev–Trinajstić information content (AvgIpc) is 3.18. The zero-order valence-electron chi connectivity index (χ0n) is 16.7. The summed E-state index contributed by atoms with van der Waals surface area (Å²) < 4.78 is 6.37. The average molecular weight is 430 g/mol. The molecule has 7 heteroatoms. The number of fused-ring (bicyclic) bond motifs is 1. The van der Waals surface area contributed by atoms with Gasteiger partial charge in [-0.25, -0.2) is 4.98 Å². The number of hydrogen-bond acceptors (Lipinski definition) is 5. The molecule has 0 atom stereocenters. The second-order valence-electron chi connectivity index (χ2n) is 7.32. The monoisotopic (exact) mass is 429 g/mol. The molecule has 5 nitrogen and oxygen atoms in total. The van der Waals surface area contributed by atoms with Crippen molar-refractivity contribution in [2.24, 2.45) is 0 Å².